The van der Waals surface area contributed by atoms with Crippen LogP contribution in [-0.2, 0) is 0 Å². The Bertz CT molecular complexity index is 1000. The maximum absolute atomic E-state index is 6.46. The Morgan fingerprint density at radius 1 is 0.625 bits per heavy atom. The molecule has 4 aromatic rings. The Morgan fingerprint density at radius 3 is 1.96 bits per heavy atom. The third-order valence-corrected chi connectivity index (χ3v) is 4.67. The lowest BCUT2D eigenvalue weighted by Gasteiger charge is -2.10. The number of para-hydroxylation sites is 1. The van der Waals surface area contributed by atoms with Gasteiger partial charge in [0, 0.05) is 28.0 Å². The summed E-state index contributed by atoms with van der Waals surface area (Å²) >= 11 is 0. The van der Waals surface area contributed by atoms with E-state index in [0.717, 1.165) is 5.52 Å². The van der Waals surface area contributed by atoms with E-state index in [-0.39, 0.29) is 6.10 Å². The molecule has 114 valence electrons. The SMILES string of the molecule is c1ccc2c(c1)-c1ccccc1C2O[n+]1cccc2ccccc21. The first-order valence-corrected chi connectivity index (χ1v) is 8.16. The highest BCUT2D eigenvalue weighted by Crippen LogP contribution is 2.43. The van der Waals surface area contributed by atoms with Crippen molar-refractivity contribution in [3.05, 3.63) is 102 Å². The molecule has 1 heterocycles. The third kappa shape index (κ3) is 1.93. The Morgan fingerprint density at radius 2 is 1.21 bits per heavy atom. The van der Waals surface area contributed by atoms with Crippen molar-refractivity contribution >= 4 is 10.9 Å². The quantitative estimate of drug-likeness (QED) is 0.502. The van der Waals surface area contributed by atoms with Crippen molar-refractivity contribution in [1.82, 2.24) is 0 Å². The molecule has 3 aromatic carbocycles. The predicted molar refractivity (Wildman–Crippen MR) is 94.4 cm³/mol. The molecule has 0 fully saturated rings. The summed E-state index contributed by atoms with van der Waals surface area (Å²) in [6.45, 7) is 0. The molecule has 0 N–H and O–H groups in total. The topological polar surface area (TPSA) is 13.1 Å². The normalized spacial score (nSPS) is 12.8. The van der Waals surface area contributed by atoms with Crippen LogP contribution in [0.2, 0.25) is 0 Å². The second-order valence-corrected chi connectivity index (χ2v) is 6.05. The molecule has 0 radical (unpaired) electrons. The summed E-state index contributed by atoms with van der Waals surface area (Å²) in [4.78, 5) is 6.46. The second-order valence-electron chi connectivity index (χ2n) is 6.05. The summed E-state index contributed by atoms with van der Waals surface area (Å²) < 4.78 is 1.89. The molecule has 5 rings (SSSR count). The van der Waals surface area contributed by atoms with Crippen molar-refractivity contribution in [3.8, 4) is 11.1 Å². The fourth-order valence-corrected chi connectivity index (χ4v) is 3.56. The van der Waals surface area contributed by atoms with Crippen LogP contribution in [0.4, 0.5) is 0 Å². The molecule has 2 nitrogen and oxygen atoms in total. The first-order chi connectivity index (χ1) is 11.9. The molecular formula is C22H16NO+. The number of aromatic nitrogens is 1. The van der Waals surface area contributed by atoms with Crippen molar-refractivity contribution in [3.63, 3.8) is 0 Å². The predicted octanol–water partition coefficient (Wildman–Crippen LogP) is 4.33. The number of benzene rings is 3. The lowest BCUT2D eigenvalue weighted by atomic mass is 10.1. The largest absolute Gasteiger partial charge is 0.264 e. The highest BCUT2D eigenvalue weighted by Gasteiger charge is 2.33. The summed E-state index contributed by atoms with van der Waals surface area (Å²) in [5.74, 6) is 0. The van der Waals surface area contributed by atoms with E-state index in [1.807, 2.05) is 29.1 Å². The van der Waals surface area contributed by atoms with Crippen molar-refractivity contribution in [2.24, 2.45) is 0 Å². The van der Waals surface area contributed by atoms with Crippen molar-refractivity contribution in [2.75, 3.05) is 0 Å². The number of hydrogen-bond acceptors (Lipinski definition) is 1. The van der Waals surface area contributed by atoms with Gasteiger partial charge in [-0.25, -0.2) is 0 Å². The Hall–Kier alpha value is -3.13. The van der Waals surface area contributed by atoms with Crippen LogP contribution < -0.4 is 9.57 Å². The smallest absolute Gasteiger partial charge is 0.258 e. The van der Waals surface area contributed by atoms with Gasteiger partial charge in [-0.3, -0.25) is 4.84 Å². The standard InChI is InChI=1S/C22H16NO/c1-6-14-21-16(8-1)9-7-15-23(21)24-22-19-12-4-2-10-17(19)18-11-3-5-13-20(18)22/h1-15,22H/q+1. The fraction of sp³-hybridized carbons (Fsp3) is 0.0455. The van der Waals surface area contributed by atoms with E-state index in [9.17, 15) is 0 Å². The van der Waals surface area contributed by atoms with Gasteiger partial charge in [-0.15, -0.1) is 0 Å². The van der Waals surface area contributed by atoms with Crippen LogP contribution in [0.3, 0.4) is 0 Å². The summed E-state index contributed by atoms with van der Waals surface area (Å²) in [7, 11) is 0. The summed E-state index contributed by atoms with van der Waals surface area (Å²) in [5, 5.41) is 1.17. The van der Waals surface area contributed by atoms with Crippen LogP contribution in [0.1, 0.15) is 17.2 Å². The highest BCUT2D eigenvalue weighted by molar-refractivity contribution is 5.78. The minimum Gasteiger partial charge on any atom is -0.258 e. The molecule has 0 unspecified atom stereocenters. The van der Waals surface area contributed by atoms with Gasteiger partial charge in [0.15, 0.2) is 0 Å². The molecule has 0 saturated carbocycles. The van der Waals surface area contributed by atoms with Crippen molar-refractivity contribution < 1.29 is 9.57 Å². The van der Waals surface area contributed by atoms with Gasteiger partial charge < -0.3 is 0 Å². The van der Waals surface area contributed by atoms with E-state index in [1.165, 1.54) is 27.6 Å². The molecule has 0 spiro atoms. The van der Waals surface area contributed by atoms with Crippen LogP contribution in [-0.4, -0.2) is 0 Å². The number of nitrogens with zero attached hydrogens (tertiary/aromatic N) is 1. The minimum atomic E-state index is -0.0896. The average Bonchev–Trinajstić information content (AvgIpc) is 2.97. The van der Waals surface area contributed by atoms with Crippen LogP contribution in [0.25, 0.3) is 22.0 Å². The van der Waals surface area contributed by atoms with E-state index >= 15 is 0 Å². The van der Waals surface area contributed by atoms with Gasteiger partial charge in [0.05, 0.1) is 5.39 Å². The minimum absolute atomic E-state index is 0.0896. The Kier molecular flexibility index (Phi) is 2.89. The molecule has 1 aliphatic carbocycles. The molecule has 0 bridgehead atoms. The summed E-state index contributed by atoms with van der Waals surface area (Å²) in [6.07, 6.45) is 1.89. The van der Waals surface area contributed by atoms with E-state index < -0.39 is 0 Å². The fourth-order valence-electron chi connectivity index (χ4n) is 3.56. The summed E-state index contributed by atoms with van der Waals surface area (Å²) in [6, 6.07) is 29.4. The van der Waals surface area contributed by atoms with Crippen LogP contribution in [0.15, 0.2) is 91.1 Å². The summed E-state index contributed by atoms with van der Waals surface area (Å²) in [5.41, 5.74) is 6.04. The van der Waals surface area contributed by atoms with Gasteiger partial charge in [-0.1, -0.05) is 60.7 Å². The number of fused-ring (bicyclic) bond motifs is 4. The van der Waals surface area contributed by atoms with E-state index in [1.54, 1.807) is 0 Å². The van der Waals surface area contributed by atoms with E-state index in [4.69, 9.17) is 4.84 Å². The monoisotopic (exact) mass is 310 g/mol. The van der Waals surface area contributed by atoms with Gasteiger partial charge in [0.1, 0.15) is 0 Å². The maximum atomic E-state index is 6.46. The molecule has 24 heavy (non-hydrogen) atoms. The first kappa shape index (κ1) is 13.3. The molecule has 0 saturated heterocycles. The van der Waals surface area contributed by atoms with E-state index in [2.05, 4.69) is 66.7 Å². The highest BCUT2D eigenvalue weighted by atomic mass is 16.7. The Balaban J connectivity index is 1.67. The molecule has 1 aromatic heterocycles. The second kappa shape index (κ2) is 5.20. The number of pyridine rings is 1. The van der Waals surface area contributed by atoms with Gasteiger partial charge in [-0.2, -0.15) is 0 Å². The molecule has 2 heteroatoms. The third-order valence-electron chi connectivity index (χ3n) is 4.67. The van der Waals surface area contributed by atoms with Gasteiger partial charge in [-0.05, 0) is 23.3 Å². The first-order valence-electron chi connectivity index (χ1n) is 8.16. The molecule has 1 aliphatic rings. The van der Waals surface area contributed by atoms with Crippen LogP contribution >= 0.6 is 0 Å². The number of rotatable bonds is 2. The van der Waals surface area contributed by atoms with Crippen molar-refractivity contribution in [2.45, 2.75) is 6.10 Å². The van der Waals surface area contributed by atoms with Crippen LogP contribution in [0, 0.1) is 0 Å². The van der Waals surface area contributed by atoms with Gasteiger partial charge in [0.2, 0.25) is 12.3 Å². The Labute approximate surface area is 140 Å². The van der Waals surface area contributed by atoms with Gasteiger partial charge in [0.25, 0.3) is 5.52 Å². The lowest BCUT2D eigenvalue weighted by Crippen LogP contribution is -2.44. The van der Waals surface area contributed by atoms with E-state index in [0.29, 0.717) is 0 Å². The molecule has 0 aliphatic heterocycles. The molecule has 0 amide bonds. The molecular weight excluding hydrogens is 294 g/mol. The lowest BCUT2D eigenvalue weighted by molar-refractivity contribution is -0.879. The maximum Gasteiger partial charge on any atom is 0.264 e. The average molecular weight is 310 g/mol. The zero-order chi connectivity index (χ0) is 15.9. The van der Waals surface area contributed by atoms with Crippen molar-refractivity contribution in [1.29, 1.82) is 0 Å². The number of hydrogen-bond donors (Lipinski definition) is 0. The zero-order valence-corrected chi connectivity index (χ0v) is 13.1. The molecule has 0 atom stereocenters. The van der Waals surface area contributed by atoms with Gasteiger partial charge >= 0.3 is 0 Å². The van der Waals surface area contributed by atoms with Crippen LogP contribution in [0.5, 0.6) is 0 Å². The zero-order valence-electron chi connectivity index (χ0n) is 13.1.